The minimum Gasteiger partial charge on any atom is -0.390 e. The number of nitrogens with one attached hydrogen (secondary N) is 1. The van der Waals surface area contributed by atoms with E-state index in [9.17, 15) is 34.3 Å². The van der Waals surface area contributed by atoms with Crippen molar-refractivity contribution in [3.8, 4) is 0 Å². The Balaban J connectivity index is 1.26. The van der Waals surface area contributed by atoms with Crippen LogP contribution in [0.3, 0.4) is 0 Å². The summed E-state index contributed by atoms with van der Waals surface area (Å²) in [4.78, 5) is 53.5. The van der Waals surface area contributed by atoms with Crippen LogP contribution in [0, 0.1) is 5.92 Å². The minimum atomic E-state index is -4.86. The molecule has 5 unspecified atom stereocenters. The molecule has 320 valence electrons. The van der Waals surface area contributed by atoms with E-state index in [0.29, 0.717) is 92.4 Å². The van der Waals surface area contributed by atoms with Crippen molar-refractivity contribution in [2.45, 2.75) is 30.5 Å². The van der Waals surface area contributed by atoms with Crippen LogP contribution in [0.1, 0.15) is 6.42 Å². The number of nitrogens with zero attached hydrogens (tertiary/aromatic N) is 1. The van der Waals surface area contributed by atoms with Crippen LogP contribution in [-0.4, -0.2) is 211 Å². The predicted molar refractivity (Wildman–Crippen MR) is 185 cm³/mol. The summed E-state index contributed by atoms with van der Waals surface area (Å²) < 4.78 is 69.2. The fraction of sp³-hybridized carbons (Fsp3) is 0.844. The van der Waals surface area contributed by atoms with Gasteiger partial charge in [0.15, 0.2) is 11.9 Å². The van der Waals surface area contributed by atoms with Crippen LogP contribution in [0.25, 0.3) is 0 Å². The number of phosphoric ester groups is 1. The third kappa shape index (κ3) is 19.8. The Kier molecular flexibility index (Phi) is 25.3. The summed E-state index contributed by atoms with van der Waals surface area (Å²) in [5.74, 6) is -2.37. The van der Waals surface area contributed by atoms with Crippen molar-refractivity contribution in [3.05, 3.63) is 12.2 Å². The van der Waals surface area contributed by atoms with E-state index < -0.39 is 56.3 Å². The third-order valence-corrected chi connectivity index (χ3v) is 8.44. The van der Waals surface area contributed by atoms with Crippen molar-refractivity contribution >= 4 is 25.5 Å². The van der Waals surface area contributed by atoms with Gasteiger partial charge in [-0.3, -0.25) is 23.8 Å². The van der Waals surface area contributed by atoms with Gasteiger partial charge in [-0.25, -0.2) is 4.57 Å². The lowest BCUT2D eigenvalue weighted by molar-refractivity contribution is -0.352. The summed E-state index contributed by atoms with van der Waals surface area (Å²) in [7, 11) is -3.66. The van der Waals surface area contributed by atoms with Crippen LogP contribution < -0.4 is 5.32 Å². The number of amides is 3. The summed E-state index contributed by atoms with van der Waals surface area (Å²) in [6, 6.07) is 0. The molecular weight excluding hydrogens is 763 g/mol. The highest BCUT2D eigenvalue weighted by molar-refractivity contribution is 7.46. The molecule has 6 N–H and O–H groups in total. The molecule has 1 heterocycles. The van der Waals surface area contributed by atoms with E-state index in [-0.39, 0.29) is 45.3 Å². The number of hydrogen-bond donors (Lipinski definition) is 6. The topological polar surface area (TPSA) is 286 Å². The molecule has 1 aliphatic heterocycles. The molecule has 0 bridgehead atoms. The molecule has 0 aromatic carbocycles. The minimum absolute atomic E-state index is 0.0326. The molecule has 55 heavy (non-hydrogen) atoms. The van der Waals surface area contributed by atoms with Gasteiger partial charge in [-0.2, -0.15) is 0 Å². The molecule has 0 saturated heterocycles. The first-order chi connectivity index (χ1) is 26.4. The van der Waals surface area contributed by atoms with E-state index in [2.05, 4.69) is 9.84 Å². The first kappa shape index (κ1) is 49.1. The van der Waals surface area contributed by atoms with Crippen LogP contribution in [-0.2, 0) is 70.8 Å². The summed E-state index contributed by atoms with van der Waals surface area (Å²) in [5.41, 5.74) is -2.16. The smallest absolute Gasteiger partial charge is 0.390 e. The summed E-state index contributed by atoms with van der Waals surface area (Å²) in [6.07, 6.45) is -2.21. The van der Waals surface area contributed by atoms with Crippen molar-refractivity contribution in [1.29, 1.82) is 0 Å². The number of ether oxygens (including phenoxy) is 10. The second-order valence-corrected chi connectivity index (χ2v) is 13.1. The molecule has 1 aliphatic carbocycles. The monoisotopic (exact) mass is 820 g/mol. The van der Waals surface area contributed by atoms with E-state index >= 15 is 0 Å². The van der Waals surface area contributed by atoms with Gasteiger partial charge in [0.2, 0.25) is 5.91 Å². The number of aliphatic hydroxyl groups excluding tert-OH is 2. The Morgan fingerprint density at radius 1 is 0.745 bits per heavy atom. The molecule has 5 atom stereocenters. The number of methoxy groups -OCH3 is 1. The summed E-state index contributed by atoms with van der Waals surface area (Å²) >= 11 is 0. The molecule has 1 fully saturated rings. The zero-order valence-electron chi connectivity index (χ0n) is 31.1. The van der Waals surface area contributed by atoms with Gasteiger partial charge in [0.25, 0.3) is 11.8 Å². The van der Waals surface area contributed by atoms with Gasteiger partial charge in [0.05, 0.1) is 125 Å². The highest BCUT2D eigenvalue weighted by atomic mass is 31.2. The van der Waals surface area contributed by atoms with Crippen molar-refractivity contribution in [1.82, 2.24) is 10.2 Å². The molecule has 0 spiro atoms. The highest BCUT2D eigenvalue weighted by Gasteiger charge is 2.66. The lowest BCUT2D eigenvalue weighted by atomic mass is 9.64. The summed E-state index contributed by atoms with van der Waals surface area (Å²) in [6.45, 7) is 5.16. The molecule has 2 rings (SSSR count). The lowest BCUT2D eigenvalue weighted by Gasteiger charge is -2.55. The quantitative estimate of drug-likeness (QED) is 0.0156. The molecule has 3 amide bonds. The molecule has 0 radical (unpaired) electrons. The van der Waals surface area contributed by atoms with Gasteiger partial charge in [0.1, 0.15) is 6.10 Å². The van der Waals surface area contributed by atoms with Gasteiger partial charge < -0.3 is 77.8 Å². The van der Waals surface area contributed by atoms with E-state index in [0.717, 1.165) is 4.90 Å². The second-order valence-electron chi connectivity index (χ2n) is 11.8. The molecule has 2 aliphatic rings. The number of imide groups is 1. The zero-order valence-corrected chi connectivity index (χ0v) is 32.0. The number of phosphoric acid groups is 1. The average molecular weight is 821 g/mol. The van der Waals surface area contributed by atoms with E-state index in [1.54, 1.807) is 0 Å². The molecular formula is C32H57N2O20P. The van der Waals surface area contributed by atoms with Crippen molar-refractivity contribution in [2.75, 3.05) is 139 Å². The maximum atomic E-state index is 11.8. The molecule has 0 aromatic heterocycles. The lowest BCUT2D eigenvalue weighted by Crippen LogP contribution is -2.76. The molecule has 1 saturated carbocycles. The molecule has 23 heteroatoms. The number of carbonyl (C=O) groups is 3. The number of rotatable bonds is 36. The van der Waals surface area contributed by atoms with E-state index in [4.69, 9.17) is 57.2 Å². The van der Waals surface area contributed by atoms with Gasteiger partial charge in [-0.15, -0.1) is 0 Å². The van der Waals surface area contributed by atoms with E-state index in [1.807, 2.05) is 0 Å². The SMILES string of the molecule is COC(OCCOCCOCCOCCOCCOCCOCCOCCOCCNC(=O)CCN1C(=O)C=CC1=O)C1(O)C(O)C(O)C1COP(=O)(O)O. The van der Waals surface area contributed by atoms with E-state index in [1.165, 1.54) is 19.3 Å². The first-order valence-corrected chi connectivity index (χ1v) is 19.3. The fourth-order valence-corrected chi connectivity index (χ4v) is 5.41. The van der Waals surface area contributed by atoms with Gasteiger partial charge >= 0.3 is 7.82 Å². The Bertz CT molecular complexity index is 1140. The Labute approximate surface area is 319 Å². The molecule has 22 nitrogen and oxygen atoms in total. The normalized spacial score (nSPS) is 21.7. The largest absolute Gasteiger partial charge is 0.469 e. The summed E-state index contributed by atoms with van der Waals surface area (Å²) in [5, 5.41) is 33.4. The van der Waals surface area contributed by atoms with Crippen LogP contribution in [0.2, 0.25) is 0 Å². The maximum absolute atomic E-state index is 11.8. The van der Waals surface area contributed by atoms with Crippen molar-refractivity contribution in [2.24, 2.45) is 5.92 Å². The second kappa shape index (κ2) is 28.4. The zero-order chi connectivity index (χ0) is 40.4. The third-order valence-electron chi connectivity index (χ3n) is 7.95. The Morgan fingerprint density at radius 3 is 1.55 bits per heavy atom. The van der Waals surface area contributed by atoms with Crippen LogP contribution in [0.5, 0.6) is 0 Å². The first-order valence-electron chi connectivity index (χ1n) is 17.8. The van der Waals surface area contributed by atoms with Gasteiger partial charge in [-0.1, -0.05) is 0 Å². The standard InChI is InChI=1S/C32H57N2O20P/c1-44-31(32(40)25(29(38)30(32)39)24-54-55(41,42)43)53-23-22-52-21-20-51-19-18-50-17-16-49-15-14-48-13-12-47-11-10-46-9-8-45-7-5-33-26(35)4-6-34-27(36)2-3-28(34)37/h2-3,25,29-31,38-40H,4-24H2,1H3,(H,33,35)(H2,41,42,43). The maximum Gasteiger partial charge on any atom is 0.469 e. The number of hydrogen-bond acceptors (Lipinski definition) is 18. The van der Waals surface area contributed by atoms with Crippen LogP contribution in [0.15, 0.2) is 12.2 Å². The van der Waals surface area contributed by atoms with Crippen LogP contribution in [0.4, 0.5) is 0 Å². The molecule has 0 aromatic rings. The predicted octanol–water partition coefficient (Wildman–Crippen LogP) is -3.27. The number of aliphatic hydroxyl groups is 3. The Hall–Kier alpha value is -2.06. The van der Waals surface area contributed by atoms with Crippen molar-refractivity contribution < 1.29 is 95.9 Å². The van der Waals surface area contributed by atoms with Gasteiger partial charge in [-0.05, 0) is 0 Å². The highest BCUT2D eigenvalue weighted by Crippen LogP contribution is 2.46. The Morgan fingerprint density at radius 2 is 1.15 bits per heavy atom. The van der Waals surface area contributed by atoms with Crippen molar-refractivity contribution in [3.63, 3.8) is 0 Å². The number of carbonyl (C=O) groups excluding carboxylic acids is 3. The fourth-order valence-electron chi connectivity index (χ4n) is 5.05. The average Bonchev–Trinajstić information content (AvgIpc) is 3.48. The van der Waals surface area contributed by atoms with Gasteiger partial charge in [0, 0.05) is 44.7 Å². The van der Waals surface area contributed by atoms with Crippen LogP contribution >= 0.6 is 7.82 Å².